The second-order valence-corrected chi connectivity index (χ2v) is 11.0. The lowest BCUT2D eigenvalue weighted by molar-refractivity contribution is 0.553. The average Bonchev–Trinajstić information content (AvgIpc) is 3.02. The highest BCUT2D eigenvalue weighted by Gasteiger charge is 2.29. The van der Waals surface area contributed by atoms with Gasteiger partial charge in [-0.25, -0.2) is 15.0 Å². The lowest BCUT2D eigenvalue weighted by Gasteiger charge is -2.26. The zero-order valence-corrected chi connectivity index (χ0v) is 22.8. The molecule has 6 aromatic rings. The van der Waals surface area contributed by atoms with Gasteiger partial charge in [0.15, 0.2) is 11.6 Å². The summed E-state index contributed by atoms with van der Waals surface area (Å²) in [5, 5.41) is 5.55. The molecule has 1 aliphatic carbocycles. The summed E-state index contributed by atoms with van der Waals surface area (Å²) in [6.45, 7) is 2.15. The first-order chi connectivity index (χ1) is 19.5. The first-order valence-corrected chi connectivity index (χ1v) is 13.8. The van der Waals surface area contributed by atoms with Crippen molar-refractivity contribution in [3.63, 3.8) is 0 Å². The Labute approximate surface area is 238 Å². The number of aromatic nitrogens is 3. The number of fused-ring (bicyclic) bond motifs is 2. The molecular formula is C36H26ClN3. The van der Waals surface area contributed by atoms with E-state index in [1.807, 2.05) is 12.2 Å². The van der Waals surface area contributed by atoms with E-state index in [2.05, 4.69) is 122 Å². The smallest absolute Gasteiger partial charge is 0.163 e. The van der Waals surface area contributed by atoms with Crippen molar-refractivity contribution in [1.29, 1.82) is 0 Å². The minimum Gasteiger partial charge on any atom is -0.212 e. The lowest BCUT2D eigenvalue weighted by atomic mass is 9.82. The van der Waals surface area contributed by atoms with Crippen LogP contribution in [0, 0.1) is 0 Å². The molecule has 0 radical (unpaired) electrons. The number of hydrogen-bond donors (Lipinski definition) is 0. The molecule has 1 aliphatic rings. The van der Waals surface area contributed by atoms with Crippen LogP contribution in [0.1, 0.15) is 19.2 Å². The third-order valence-electron chi connectivity index (χ3n) is 7.71. The van der Waals surface area contributed by atoms with Gasteiger partial charge in [0.2, 0.25) is 0 Å². The van der Waals surface area contributed by atoms with Crippen LogP contribution in [0.3, 0.4) is 0 Å². The number of rotatable bonds is 4. The van der Waals surface area contributed by atoms with Gasteiger partial charge in [0.25, 0.3) is 0 Å². The van der Waals surface area contributed by atoms with Gasteiger partial charge < -0.3 is 0 Å². The van der Waals surface area contributed by atoms with E-state index >= 15 is 0 Å². The molecule has 3 nitrogen and oxygen atoms in total. The molecule has 7 rings (SSSR count). The van der Waals surface area contributed by atoms with Crippen LogP contribution in [0.25, 0.3) is 55.4 Å². The molecule has 1 aromatic heterocycles. The van der Waals surface area contributed by atoms with E-state index in [-0.39, 0.29) is 5.41 Å². The van der Waals surface area contributed by atoms with Crippen molar-refractivity contribution in [1.82, 2.24) is 15.0 Å². The van der Waals surface area contributed by atoms with Crippen LogP contribution in [0.15, 0.2) is 132 Å². The van der Waals surface area contributed by atoms with Crippen molar-refractivity contribution in [3.8, 4) is 33.9 Å². The van der Waals surface area contributed by atoms with Crippen LogP contribution in [-0.4, -0.2) is 15.0 Å². The van der Waals surface area contributed by atoms with Crippen molar-refractivity contribution < 1.29 is 0 Å². The number of allylic oxidation sites excluding steroid dienone is 4. The highest BCUT2D eigenvalue weighted by molar-refractivity contribution is 6.31. The molecule has 1 heterocycles. The maximum atomic E-state index is 6.26. The maximum absolute atomic E-state index is 6.26. The van der Waals surface area contributed by atoms with E-state index in [1.165, 1.54) is 21.7 Å². The number of nitrogens with zero attached hydrogens (tertiary/aromatic N) is 3. The van der Waals surface area contributed by atoms with E-state index in [0.29, 0.717) is 11.6 Å². The summed E-state index contributed by atoms with van der Waals surface area (Å²) in [4.78, 5) is 15.0. The number of halogens is 1. The summed E-state index contributed by atoms with van der Waals surface area (Å²) < 4.78 is 0. The first-order valence-electron chi connectivity index (χ1n) is 13.4. The van der Waals surface area contributed by atoms with Crippen LogP contribution in [0.5, 0.6) is 0 Å². The van der Waals surface area contributed by atoms with E-state index in [0.717, 1.165) is 39.4 Å². The fourth-order valence-electron chi connectivity index (χ4n) is 5.27. The Hall–Kier alpha value is -4.60. The molecule has 1 unspecified atom stereocenters. The number of benzene rings is 5. The Kier molecular flexibility index (Phi) is 6.02. The Morgan fingerprint density at radius 2 is 1.10 bits per heavy atom. The molecule has 4 heteroatoms. The van der Waals surface area contributed by atoms with Crippen molar-refractivity contribution in [2.45, 2.75) is 18.8 Å². The second kappa shape index (κ2) is 9.86. The Balaban J connectivity index is 1.32. The zero-order chi connectivity index (χ0) is 27.1. The predicted octanol–water partition coefficient (Wildman–Crippen LogP) is 9.52. The van der Waals surface area contributed by atoms with E-state index < -0.39 is 0 Å². The standard InChI is InChI=1S/C36H26ClN3/c1-36(20-18-32(37)19-21-36)35-39-33(38-34(40-35)31-17-13-25-7-3-5-9-29(25)23-31)27-14-10-26(11-15-27)30-16-12-24-6-2-4-8-28(24)22-30/h2-20,22-23H,21H2,1H3. The fraction of sp³-hybridized carbons (Fsp3) is 0.0833. The highest BCUT2D eigenvalue weighted by atomic mass is 35.5. The van der Waals surface area contributed by atoms with E-state index in [1.54, 1.807) is 0 Å². The molecule has 0 spiro atoms. The molecule has 192 valence electrons. The second-order valence-electron chi connectivity index (χ2n) is 10.6. The number of hydrogen-bond acceptors (Lipinski definition) is 3. The van der Waals surface area contributed by atoms with Gasteiger partial charge in [-0.15, -0.1) is 0 Å². The summed E-state index contributed by atoms with van der Waals surface area (Å²) >= 11 is 6.26. The average molecular weight is 536 g/mol. The molecule has 1 atom stereocenters. The third kappa shape index (κ3) is 4.59. The molecule has 0 saturated heterocycles. The molecule has 0 fully saturated rings. The van der Waals surface area contributed by atoms with E-state index in [4.69, 9.17) is 26.6 Å². The van der Waals surface area contributed by atoms with Gasteiger partial charge in [-0.05, 0) is 64.2 Å². The third-order valence-corrected chi connectivity index (χ3v) is 7.99. The van der Waals surface area contributed by atoms with Gasteiger partial charge in [-0.3, -0.25) is 0 Å². The quantitative estimate of drug-likeness (QED) is 0.225. The minimum atomic E-state index is -0.382. The van der Waals surface area contributed by atoms with Crippen LogP contribution in [-0.2, 0) is 5.41 Å². The highest BCUT2D eigenvalue weighted by Crippen LogP contribution is 2.35. The first kappa shape index (κ1) is 24.4. The molecular weight excluding hydrogens is 510 g/mol. The summed E-state index contributed by atoms with van der Waals surface area (Å²) in [5.74, 6) is 2.06. The van der Waals surface area contributed by atoms with Gasteiger partial charge in [-0.1, -0.05) is 121 Å². The Morgan fingerprint density at radius 3 is 1.73 bits per heavy atom. The van der Waals surface area contributed by atoms with Gasteiger partial charge >= 0.3 is 0 Å². The van der Waals surface area contributed by atoms with Crippen LogP contribution in [0.2, 0.25) is 0 Å². The SMILES string of the molecule is CC1(c2nc(-c3ccc(-c4ccc5ccccc5c4)cc3)nc(-c3ccc4ccccc4c3)n2)C=CC(Cl)=CC1. The van der Waals surface area contributed by atoms with Crippen molar-refractivity contribution in [2.24, 2.45) is 0 Å². The van der Waals surface area contributed by atoms with E-state index in [9.17, 15) is 0 Å². The summed E-state index contributed by atoms with van der Waals surface area (Å²) in [6, 6.07) is 38.2. The van der Waals surface area contributed by atoms with Crippen LogP contribution < -0.4 is 0 Å². The monoisotopic (exact) mass is 535 g/mol. The largest absolute Gasteiger partial charge is 0.212 e. The molecule has 0 saturated carbocycles. The Morgan fingerprint density at radius 1 is 0.575 bits per heavy atom. The molecule has 0 bridgehead atoms. The summed E-state index contributed by atoms with van der Waals surface area (Å²) in [5.41, 5.74) is 3.87. The van der Waals surface area contributed by atoms with Crippen molar-refractivity contribution >= 4 is 33.1 Å². The van der Waals surface area contributed by atoms with Crippen LogP contribution in [0.4, 0.5) is 0 Å². The topological polar surface area (TPSA) is 38.7 Å². The molecule has 0 N–H and O–H groups in total. The molecule has 0 amide bonds. The minimum absolute atomic E-state index is 0.382. The van der Waals surface area contributed by atoms with Gasteiger partial charge in [0, 0.05) is 21.6 Å². The van der Waals surface area contributed by atoms with Gasteiger partial charge in [0.1, 0.15) is 5.82 Å². The lowest BCUT2D eigenvalue weighted by Crippen LogP contribution is -2.24. The van der Waals surface area contributed by atoms with Gasteiger partial charge in [0.05, 0.1) is 0 Å². The van der Waals surface area contributed by atoms with Crippen molar-refractivity contribution in [2.75, 3.05) is 0 Å². The van der Waals surface area contributed by atoms with Gasteiger partial charge in [-0.2, -0.15) is 0 Å². The van der Waals surface area contributed by atoms with Crippen LogP contribution >= 0.6 is 11.6 Å². The zero-order valence-electron chi connectivity index (χ0n) is 22.1. The fourth-order valence-corrected chi connectivity index (χ4v) is 5.41. The molecule has 0 aliphatic heterocycles. The maximum Gasteiger partial charge on any atom is 0.163 e. The molecule has 40 heavy (non-hydrogen) atoms. The predicted molar refractivity (Wildman–Crippen MR) is 166 cm³/mol. The summed E-state index contributed by atoms with van der Waals surface area (Å²) in [7, 11) is 0. The normalized spacial score (nSPS) is 16.8. The molecule has 5 aromatic carbocycles. The van der Waals surface area contributed by atoms with Crippen molar-refractivity contribution in [3.05, 3.63) is 138 Å². The summed E-state index contributed by atoms with van der Waals surface area (Å²) in [6.07, 6.45) is 6.78. The Bertz CT molecular complexity index is 1960.